The molecule has 2 rings (SSSR count). The van der Waals surface area contributed by atoms with E-state index in [1.165, 1.54) is 6.07 Å². The fraction of sp³-hybridized carbons (Fsp3) is 0.409. The summed E-state index contributed by atoms with van der Waals surface area (Å²) in [6.07, 6.45) is 0.810. The second-order valence-corrected chi connectivity index (χ2v) is 6.96. The second kappa shape index (κ2) is 11.3. The molecule has 0 aliphatic rings. The van der Waals surface area contributed by atoms with Gasteiger partial charge in [0, 0.05) is 32.2 Å². The van der Waals surface area contributed by atoms with Gasteiger partial charge in [0.1, 0.15) is 5.82 Å². The van der Waals surface area contributed by atoms with E-state index in [-0.39, 0.29) is 5.82 Å². The third-order valence-electron chi connectivity index (χ3n) is 4.43. The third kappa shape index (κ3) is 6.94. The first-order valence-corrected chi connectivity index (χ1v) is 9.54. The topological polar surface area (TPSA) is 58.1 Å². The lowest BCUT2D eigenvalue weighted by molar-refractivity contribution is 0.354. The molecule has 0 fully saturated rings. The molecule has 6 nitrogen and oxygen atoms in total. The minimum Gasteiger partial charge on any atom is -0.493 e. The molecule has 0 heterocycles. The average Bonchev–Trinajstić information content (AvgIpc) is 2.72. The number of rotatable bonds is 9. The molecule has 0 spiro atoms. The summed E-state index contributed by atoms with van der Waals surface area (Å²) in [5, 5.41) is 6.57. The van der Waals surface area contributed by atoms with Gasteiger partial charge in [-0.1, -0.05) is 12.1 Å². The molecule has 0 radical (unpaired) electrons. The summed E-state index contributed by atoms with van der Waals surface area (Å²) in [6, 6.07) is 11.1. The number of hydrogen-bond donors (Lipinski definition) is 2. The summed E-state index contributed by atoms with van der Waals surface area (Å²) in [6.45, 7) is 1.85. The molecule has 0 aliphatic carbocycles. The zero-order chi connectivity index (χ0) is 21.2. The highest BCUT2D eigenvalue weighted by molar-refractivity contribution is 5.79. The summed E-state index contributed by atoms with van der Waals surface area (Å²) < 4.78 is 24.5. The molecule has 29 heavy (non-hydrogen) atoms. The number of hydrogen-bond acceptors (Lipinski definition) is 4. The van der Waals surface area contributed by atoms with Crippen LogP contribution in [-0.2, 0) is 19.5 Å². The Morgan fingerprint density at radius 1 is 1.00 bits per heavy atom. The predicted octanol–water partition coefficient (Wildman–Crippen LogP) is 2.81. The predicted molar refractivity (Wildman–Crippen MR) is 115 cm³/mol. The van der Waals surface area contributed by atoms with Gasteiger partial charge in [0.15, 0.2) is 17.5 Å². The number of halogens is 1. The van der Waals surface area contributed by atoms with Gasteiger partial charge in [0.25, 0.3) is 0 Å². The van der Waals surface area contributed by atoms with Crippen molar-refractivity contribution in [1.82, 2.24) is 15.5 Å². The summed E-state index contributed by atoms with van der Waals surface area (Å²) in [5.74, 6) is 1.95. The summed E-state index contributed by atoms with van der Waals surface area (Å²) in [7, 11) is 8.83. The highest BCUT2D eigenvalue weighted by Gasteiger charge is 2.07. The van der Waals surface area contributed by atoms with Crippen molar-refractivity contribution in [2.75, 3.05) is 41.9 Å². The molecular formula is C22H31FN4O2. The third-order valence-corrected chi connectivity index (χ3v) is 4.43. The Hall–Kier alpha value is -2.80. The van der Waals surface area contributed by atoms with Crippen molar-refractivity contribution in [3.8, 4) is 11.5 Å². The second-order valence-electron chi connectivity index (χ2n) is 6.96. The van der Waals surface area contributed by atoms with E-state index in [0.29, 0.717) is 31.2 Å². The van der Waals surface area contributed by atoms with E-state index in [4.69, 9.17) is 9.47 Å². The van der Waals surface area contributed by atoms with Crippen LogP contribution in [0.1, 0.15) is 16.7 Å². The molecule has 0 atom stereocenters. The number of guanidine groups is 1. The van der Waals surface area contributed by atoms with Crippen LogP contribution in [0.4, 0.5) is 4.39 Å². The van der Waals surface area contributed by atoms with E-state index >= 15 is 0 Å². The number of benzene rings is 2. The molecule has 2 aromatic carbocycles. The Balaban J connectivity index is 1.87. The highest BCUT2D eigenvalue weighted by atomic mass is 19.1. The lowest BCUT2D eigenvalue weighted by Crippen LogP contribution is -2.37. The quantitative estimate of drug-likeness (QED) is 0.499. The Labute approximate surface area is 172 Å². The maximum Gasteiger partial charge on any atom is 0.191 e. The van der Waals surface area contributed by atoms with Crippen LogP contribution < -0.4 is 20.1 Å². The van der Waals surface area contributed by atoms with Gasteiger partial charge in [0.2, 0.25) is 0 Å². The Morgan fingerprint density at radius 2 is 1.72 bits per heavy atom. The van der Waals surface area contributed by atoms with Crippen molar-refractivity contribution in [2.45, 2.75) is 19.5 Å². The number of nitrogens with zero attached hydrogens (tertiary/aromatic N) is 2. The van der Waals surface area contributed by atoms with Crippen molar-refractivity contribution in [3.05, 3.63) is 58.9 Å². The molecule has 0 saturated heterocycles. The first kappa shape index (κ1) is 22.5. The first-order valence-electron chi connectivity index (χ1n) is 9.54. The first-order chi connectivity index (χ1) is 14.0. The Morgan fingerprint density at radius 3 is 2.38 bits per heavy atom. The minimum atomic E-state index is -0.181. The van der Waals surface area contributed by atoms with Gasteiger partial charge in [-0.2, -0.15) is 0 Å². The van der Waals surface area contributed by atoms with E-state index in [1.807, 2.05) is 43.3 Å². The molecule has 2 aromatic rings. The van der Waals surface area contributed by atoms with E-state index in [1.54, 1.807) is 27.3 Å². The van der Waals surface area contributed by atoms with E-state index in [9.17, 15) is 4.39 Å². The lowest BCUT2D eigenvalue weighted by atomic mass is 10.1. The molecule has 2 N–H and O–H groups in total. The molecule has 7 heteroatoms. The van der Waals surface area contributed by atoms with Crippen LogP contribution >= 0.6 is 0 Å². The van der Waals surface area contributed by atoms with Crippen LogP contribution in [0.5, 0.6) is 11.5 Å². The standard InChI is InChI=1S/C22H31FN4O2/c1-24-22(25-11-10-16-7-9-20(28-4)21(13-16)29-5)26-14-17-6-8-19(23)18(12-17)15-27(2)3/h6-9,12-13H,10-11,14-15H2,1-5H3,(H2,24,25,26). The van der Waals surface area contributed by atoms with Crippen LogP contribution in [0.3, 0.4) is 0 Å². The fourth-order valence-corrected chi connectivity index (χ4v) is 2.97. The maximum absolute atomic E-state index is 13.9. The van der Waals surface area contributed by atoms with Gasteiger partial charge in [-0.15, -0.1) is 0 Å². The van der Waals surface area contributed by atoms with Crippen molar-refractivity contribution in [2.24, 2.45) is 4.99 Å². The number of ether oxygens (including phenoxy) is 2. The summed E-state index contributed by atoms with van der Waals surface area (Å²) >= 11 is 0. The van der Waals surface area contributed by atoms with E-state index in [0.717, 1.165) is 29.0 Å². The van der Waals surface area contributed by atoms with E-state index in [2.05, 4.69) is 15.6 Å². The largest absolute Gasteiger partial charge is 0.493 e. The monoisotopic (exact) mass is 402 g/mol. The van der Waals surface area contributed by atoms with Crippen molar-refractivity contribution in [1.29, 1.82) is 0 Å². The Bertz CT molecular complexity index is 824. The molecule has 0 aromatic heterocycles. The maximum atomic E-state index is 13.9. The van der Waals surface area contributed by atoms with Crippen molar-refractivity contribution in [3.63, 3.8) is 0 Å². The molecule has 0 unspecified atom stereocenters. The molecule has 0 amide bonds. The number of nitrogens with one attached hydrogen (secondary N) is 2. The molecule has 0 saturated carbocycles. The van der Waals surface area contributed by atoms with Crippen molar-refractivity contribution < 1.29 is 13.9 Å². The highest BCUT2D eigenvalue weighted by Crippen LogP contribution is 2.27. The van der Waals surface area contributed by atoms with Crippen LogP contribution in [0.2, 0.25) is 0 Å². The van der Waals surface area contributed by atoms with Crippen LogP contribution in [-0.4, -0.2) is 52.8 Å². The zero-order valence-corrected chi connectivity index (χ0v) is 17.9. The van der Waals surface area contributed by atoms with Gasteiger partial charge < -0.3 is 25.0 Å². The summed E-state index contributed by atoms with van der Waals surface area (Å²) in [4.78, 5) is 6.20. The zero-order valence-electron chi connectivity index (χ0n) is 17.9. The molecule has 158 valence electrons. The number of aliphatic imine (C=N–C) groups is 1. The summed E-state index contributed by atoms with van der Waals surface area (Å²) in [5.41, 5.74) is 2.83. The van der Waals surface area contributed by atoms with Gasteiger partial charge in [-0.3, -0.25) is 4.99 Å². The normalized spacial score (nSPS) is 11.5. The molecular weight excluding hydrogens is 371 g/mol. The van der Waals surface area contributed by atoms with Gasteiger partial charge in [-0.25, -0.2) is 4.39 Å². The average molecular weight is 403 g/mol. The molecule has 0 bridgehead atoms. The fourth-order valence-electron chi connectivity index (χ4n) is 2.97. The van der Waals surface area contributed by atoms with Crippen LogP contribution in [0.25, 0.3) is 0 Å². The number of methoxy groups -OCH3 is 2. The Kier molecular flexibility index (Phi) is 8.73. The van der Waals surface area contributed by atoms with Crippen molar-refractivity contribution >= 4 is 5.96 Å². The van der Waals surface area contributed by atoms with E-state index < -0.39 is 0 Å². The lowest BCUT2D eigenvalue weighted by Gasteiger charge is -2.15. The van der Waals surface area contributed by atoms with Gasteiger partial charge in [-0.05, 0) is 55.9 Å². The SMILES string of the molecule is CN=C(NCCc1ccc(OC)c(OC)c1)NCc1ccc(F)c(CN(C)C)c1. The van der Waals surface area contributed by atoms with Crippen LogP contribution in [0, 0.1) is 5.82 Å². The van der Waals surface area contributed by atoms with Crippen LogP contribution in [0.15, 0.2) is 41.4 Å². The van der Waals surface area contributed by atoms with Gasteiger partial charge >= 0.3 is 0 Å². The molecule has 0 aliphatic heterocycles. The smallest absolute Gasteiger partial charge is 0.191 e. The minimum absolute atomic E-state index is 0.181. The van der Waals surface area contributed by atoms with Gasteiger partial charge in [0.05, 0.1) is 14.2 Å².